The number of benzene rings is 2. The van der Waals surface area contributed by atoms with Crippen LogP contribution in [0.2, 0.25) is 10.0 Å². The Hall–Kier alpha value is -2.28. The lowest BCUT2D eigenvalue weighted by Crippen LogP contribution is -2.21. The number of halogens is 2. The highest BCUT2D eigenvalue weighted by atomic mass is 35.5. The Bertz CT molecular complexity index is 946. The minimum absolute atomic E-state index is 0.127. The molecule has 0 unspecified atom stereocenters. The first-order chi connectivity index (χ1) is 13.0. The van der Waals surface area contributed by atoms with E-state index in [9.17, 15) is 4.79 Å². The molecule has 3 rings (SSSR count). The van der Waals surface area contributed by atoms with Gasteiger partial charge in [-0.05, 0) is 35.9 Å². The van der Waals surface area contributed by atoms with Crippen LogP contribution < -0.4 is 15.4 Å². The average molecular weight is 422 g/mol. The van der Waals surface area contributed by atoms with Gasteiger partial charge < -0.3 is 15.4 Å². The van der Waals surface area contributed by atoms with Gasteiger partial charge in [0.05, 0.1) is 13.7 Å². The van der Waals surface area contributed by atoms with Gasteiger partial charge in [-0.3, -0.25) is 4.79 Å². The van der Waals surface area contributed by atoms with Crippen molar-refractivity contribution in [2.24, 2.45) is 0 Å². The van der Waals surface area contributed by atoms with Gasteiger partial charge in [0.25, 0.3) is 0 Å². The Labute approximate surface area is 171 Å². The number of nitrogens with zero attached hydrogens (tertiary/aromatic N) is 1. The van der Waals surface area contributed by atoms with Gasteiger partial charge in [-0.15, -0.1) is 11.3 Å². The molecule has 0 fully saturated rings. The summed E-state index contributed by atoms with van der Waals surface area (Å²) in [6.45, 7) is 0.127. The van der Waals surface area contributed by atoms with E-state index in [-0.39, 0.29) is 12.5 Å². The molecule has 0 radical (unpaired) electrons. The van der Waals surface area contributed by atoms with Crippen molar-refractivity contribution in [1.82, 2.24) is 4.98 Å². The zero-order chi connectivity index (χ0) is 19.2. The predicted molar refractivity (Wildman–Crippen MR) is 111 cm³/mol. The summed E-state index contributed by atoms with van der Waals surface area (Å²) < 4.78 is 5.16. The molecule has 27 heavy (non-hydrogen) atoms. The van der Waals surface area contributed by atoms with Crippen molar-refractivity contribution < 1.29 is 9.53 Å². The van der Waals surface area contributed by atoms with Crippen LogP contribution >= 0.6 is 34.5 Å². The number of aromatic nitrogens is 1. The third-order valence-corrected chi connectivity index (χ3v) is 5.21. The molecule has 1 amide bonds. The van der Waals surface area contributed by atoms with Crippen molar-refractivity contribution in [3.8, 4) is 5.75 Å². The second-order valence-corrected chi connectivity index (χ2v) is 7.64. The van der Waals surface area contributed by atoms with Crippen molar-refractivity contribution in [3.63, 3.8) is 0 Å². The number of nitrogens with one attached hydrogen (secondary N) is 2. The topological polar surface area (TPSA) is 63.2 Å². The minimum Gasteiger partial charge on any atom is -0.497 e. The van der Waals surface area contributed by atoms with Gasteiger partial charge in [0, 0.05) is 39.3 Å². The van der Waals surface area contributed by atoms with E-state index in [1.807, 2.05) is 30.3 Å². The number of hydrogen-bond acceptors (Lipinski definition) is 5. The van der Waals surface area contributed by atoms with Crippen molar-refractivity contribution in [3.05, 3.63) is 69.1 Å². The summed E-state index contributed by atoms with van der Waals surface area (Å²) in [7, 11) is 1.60. The highest BCUT2D eigenvalue weighted by Crippen LogP contribution is 2.27. The van der Waals surface area contributed by atoms with E-state index in [0.717, 1.165) is 21.9 Å². The van der Waals surface area contributed by atoms with Gasteiger partial charge in [-0.2, -0.15) is 0 Å². The fourth-order valence-corrected chi connectivity index (χ4v) is 3.62. The van der Waals surface area contributed by atoms with Crippen LogP contribution in [0.5, 0.6) is 5.75 Å². The largest absolute Gasteiger partial charge is 0.497 e. The van der Waals surface area contributed by atoms with Crippen LogP contribution in [0, 0.1) is 0 Å². The molecular weight excluding hydrogens is 405 g/mol. The average Bonchev–Trinajstić information content (AvgIpc) is 3.10. The maximum absolute atomic E-state index is 12.1. The third-order valence-electron chi connectivity index (χ3n) is 3.70. The number of amides is 1. The Kier molecular flexibility index (Phi) is 6.55. The summed E-state index contributed by atoms with van der Waals surface area (Å²) in [6, 6.07) is 12.7. The van der Waals surface area contributed by atoms with Crippen molar-refractivity contribution in [1.29, 1.82) is 0 Å². The molecule has 0 saturated heterocycles. The molecule has 0 bridgehead atoms. The fraction of sp³-hybridized carbons (Fsp3) is 0.158. The summed E-state index contributed by atoms with van der Waals surface area (Å²) in [5.74, 6) is 0.546. The van der Waals surface area contributed by atoms with Crippen LogP contribution in [0.15, 0.2) is 48.7 Å². The lowest BCUT2D eigenvalue weighted by atomic mass is 10.1. The molecule has 2 N–H and O–H groups in total. The summed E-state index contributed by atoms with van der Waals surface area (Å²) in [5.41, 5.74) is 1.73. The maximum Gasteiger partial charge on any atom is 0.245 e. The molecule has 5 nitrogen and oxygen atoms in total. The van der Waals surface area contributed by atoms with E-state index in [4.69, 9.17) is 27.9 Å². The first-order valence-corrected chi connectivity index (χ1v) is 9.67. The predicted octanol–water partition coefficient (Wildman–Crippen LogP) is 5.10. The first-order valence-electron chi connectivity index (χ1n) is 8.10. The molecule has 2 aromatic carbocycles. The molecule has 0 saturated carbocycles. The summed E-state index contributed by atoms with van der Waals surface area (Å²) in [5, 5.41) is 7.67. The smallest absolute Gasteiger partial charge is 0.245 e. The van der Waals surface area contributed by atoms with Crippen LogP contribution in [-0.4, -0.2) is 24.5 Å². The lowest BCUT2D eigenvalue weighted by Gasteiger charge is -2.07. The number of carbonyl (C=O) groups is 1. The zero-order valence-corrected chi connectivity index (χ0v) is 16.8. The number of carbonyl (C=O) groups excluding carboxylic acids is 1. The van der Waals surface area contributed by atoms with E-state index >= 15 is 0 Å². The number of rotatable bonds is 7. The molecule has 0 aliphatic carbocycles. The summed E-state index contributed by atoms with van der Waals surface area (Å²) in [4.78, 5) is 17.4. The van der Waals surface area contributed by atoms with Crippen LogP contribution in [0.25, 0.3) is 0 Å². The van der Waals surface area contributed by atoms with E-state index in [0.29, 0.717) is 21.6 Å². The normalized spacial score (nSPS) is 10.5. The second kappa shape index (κ2) is 9.08. The second-order valence-electron chi connectivity index (χ2n) is 5.68. The molecule has 0 aliphatic rings. The lowest BCUT2D eigenvalue weighted by molar-refractivity contribution is -0.114. The standard InChI is InChI=1S/C19H17Cl2N3O2S/c1-26-15-4-2-3-14(9-15)22-11-18(25)24-19-23-10-16(27-19)8-12-7-13(20)5-6-17(12)21/h2-7,9-10,22H,8,11H2,1H3,(H,23,24,25). The molecule has 0 atom stereocenters. The number of thiazole rings is 1. The van der Waals surface area contributed by atoms with Crippen molar-refractivity contribution in [2.45, 2.75) is 6.42 Å². The SMILES string of the molecule is COc1cccc(NCC(=O)Nc2ncc(Cc3cc(Cl)ccc3Cl)s2)c1. The van der Waals surface area contributed by atoms with Crippen LogP contribution in [0.1, 0.15) is 10.4 Å². The minimum atomic E-state index is -0.181. The van der Waals surface area contributed by atoms with E-state index < -0.39 is 0 Å². The fourth-order valence-electron chi connectivity index (χ4n) is 2.39. The highest BCUT2D eigenvalue weighted by Gasteiger charge is 2.09. The van der Waals surface area contributed by atoms with Crippen molar-refractivity contribution >= 4 is 51.3 Å². The molecular formula is C19H17Cl2N3O2S. The van der Waals surface area contributed by atoms with Gasteiger partial charge >= 0.3 is 0 Å². The van der Waals surface area contributed by atoms with Crippen LogP contribution in [0.4, 0.5) is 10.8 Å². The van der Waals surface area contributed by atoms with Gasteiger partial charge in [0.1, 0.15) is 5.75 Å². The van der Waals surface area contributed by atoms with Gasteiger partial charge in [-0.1, -0.05) is 29.3 Å². The molecule has 140 valence electrons. The van der Waals surface area contributed by atoms with E-state index in [2.05, 4.69) is 15.6 Å². The molecule has 3 aromatic rings. The highest BCUT2D eigenvalue weighted by molar-refractivity contribution is 7.15. The molecule has 8 heteroatoms. The molecule has 0 spiro atoms. The zero-order valence-electron chi connectivity index (χ0n) is 14.5. The first kappa shape index (κ1) is 19.5. The Morgan fingerprint density at radius 1 is 1.22 bits per heavy atom. The molecule has 1 heterocycles. The quantitative estimate of drug-likeness (QED) is 0.556. The van der Waals surface area contributed by atoms with E-state index in [1.54, 1.807) is 25.4 Å². The number of anilines is 2. The van der Waals surface area contributed by atoms with Crippen LogP contribution in [0.3, 0.4) is 0 Å². The summed E-state index contributed by atoms with van der Waals surface area (Å²) in [6.07, 6.45) is 2.34. The number of hydrogen-bond donors (Lipinski definition) is 2. The maximum atomic E-state index is 12.1. The summed E-state index contributed by atoms with van der Waals surface area (Å²) >= 11 is 13.6. The monoisotopic (exact) mass is 421 g/mol. The number of methoxy groups -OCH3 is 1. The molecule has 1 aromatic heterocycles. The van der Waals surface area contributed by atoms with E-state index in [1.165, 1.54) is 11.3 Å². The van der Waals surface area contributed by atoms with Gasteiger partial charge in [-0.25, -0.2) is 4.98 Å². The Balaban J connectivity index is 1.55. The van der Waals surface area contributed by atoms with Gasteiger partial charge in [0.2, 0.25) is 5.91 Å². The van der Waals surface area contributed by atoms with Crippen molar-refractivity contribution in [2.75, 3.05) is 24.3 Å². The number of ether oxygens (including phenoxy) is 1. The Morgan fingerprint density at radius 3 is 2.89 bits per heavy atom. The molecule has 0 aliphatic heterocycles. The van der Waals surface area contributed by atoms with Gasteiger partial charge in [0.15, 0.2) is 5.13 Å². The Morgan fingerprint density at radius 2 is 2.07 bits per heavy atom. The van der Waals surface area contributed by atoms with Crippen LogP contribution in [-0.2, 0) is 11.2 Å². The third kappa shape index (κ3) is 5.60.